The second kappa shape index (κ2) is 10.7. The largest absolute Gasteiger partial charge is 0.309 e. The van der Waals surface area contributed by atoms with Crippen LogP contribution in [0.5, 0.6) is 0 Å². The Morgan fingerprint density at radius 1 is 0.388 bits per heavy atom. The summed E-state index contributed by atoms with van der Waals surface area (Å²) >= 11 is 0. The molecule has 0 radical (unpaired) electrons. The van der Waals surface area contributed by atoms with Crippen LogP contribution in [-0.4, -0.2) is 18.5 Å². The van der Waals surface area contributed by atoms with Gasteiger partial charge in [0.2, 0.25) is 5.78 Å². The SMILES string of the molecule is O=c1c2ccccc2n(-c2cccc(-c3ccccc3)c2)c2nc3cc4c5ccccc5n(-c5cccc(-c6ccccc6)c5)c4cc3n12. The first-order chi connectivity index (χ1) is 24.2. The normalized spacial score (nSPS) is 11.8. The van der Waals surface area contributed by atoms with Gasteiger partial charge < -0.3 is 4.57 Å². The molecule has 0 aliphatic carbocycles. The number of aromatic nitrogens is 4. The zero-order chi connectivity index (χ0) is 32.5. The van der Waals surface area contributed by atoms with Crippen LogP contribution in [0.1, 0.15) is 0 Å². The molecule has 0 atom stereocenters. The van der Waals surface area contributed by atoms with Gasteiger partial charge in [0.1, 0.15) is 0 Å². The van der Waals surface area contributed by atoms with Crippen LogP contribution in [0, 0.1) is 0 Å². The van der Waals surface area contributed by atoms with Crippen molar-refractivity contribution in [2.45, 2.75) is 0 Å². The van der Waals surface area contributed by atoms with E-state index < -0.39 is 0 Å². The molecule has 49 heavy (non-hydrogen) atoms. The number of rotatable bonds is 4. The third kappa shape index (κ3) is 4.19. The molecule has 0 unspecified atom stereocenters. The molecule has 0 aliphatic heterocycles. The fourth-order valence-electron chi connectivity index (χ4n) is 7.40. The molecule has 0 saturated carbocycles. The number of fused-ring (bicyclic) bond motifs is 7. The van der Waals surface area contributed by atoms with Crippen LogP contribution >= 0.6 is 0 Å². The van der Waals surface area contributed by atoms with Crippen LogP contribution in [0.4, 0.5) is 0 Å². The summed E-state index contributed by atoms with van der Waals surface area (Å²) in [4.78, 5) is 19.6. The van der Waals surface area contributed by atoms with Crippen LogP contribution in [0.2, 0.25) is 0 Å². The summed E-state index contributed by atoms with van der Waals surface area (Å²) in [5, 5.41) is 2.86. The van der Waals surface area contributed by atoms with Crippen molar-refractivity contribution in [3.05, 3.63) is 180 Å². The summed E-state index contributed by atoms with van der Waals surface area (Å²) in [6, 6.07) is 58.5. The Hall–Kier alpha value is -6.72. The van der Waals surface area contributed by atoms with E-state index in [0.717, 1.165) is 72.0 Å². The van der Waals surface area contributed by atoms with Gasteiger partial charge in [-0.2, -0.15) is 0 Å². The van der Waals surface area contributed by atoms with E-state index in [2.05, 4.69) is 143 Å². The predicted molar refractivity (Wildman–Crippen MR) is 201 cm³/mol. The number of hydrogen-bond donors (Lipinski definition) is 0. The molecule has 0 amide bonds. The van der Waals surface area contributed by atoms with Crippen LogP contribution in [-0.2, 0) is 0 Å². The first kappa shape index (κ1) is 27.4. The van der Waals surface area contributed by atoms with Gasteiger partial charge in [-0.25, -0.2) is 9.38 Å². The van der Waals surface area contributed by atoms with E-state index in [0.29, 0.717) is 11.2 Å². The lowest BCUT2D eigenvalue weighted by atomic mass is 10.1. The van der Waals surface area contributed by atoms with Crippen LogP contribution < -0.4 is 5.56 Å². The highest BCUT2D eigenvalue weighted by Crippen LogP contribution is 2.36. The second-order valence-electron chi connectivity index (χ2n) is 12.4. The Morgan fingerprint density at radius 2 is 0.918 bits per heavy atom. The zero-order valence-electron chi connectivity index (χ0n) is 26.4. The maximum Gasteiger partial charge on any atom is 0.267 e. The van der Waals surface area contributed by atoms with Crippen molar-refractivity contribution < 1.29 is 0 Å². The van der Waals surface area contributed by atoms with Crippen LogP contribution in [0.3, 0.4) is 0 Å². The number of benzene rings is 7. The van der Waals surface area contributed by atoms with Gasteiger partial charge in [-0.3, -0.25) is 9.36 Å². The van der Waals surface area contributed by atoms with Crippen LogP contribution in [0.15, 0.2) is 175 Å². The fraction of sp³-hybridized carbons (Fsp3) is 0. The number of imidazole rings is 1. The van der Waals surface area contributed by atoms with Crippen molar-refractivity contribution in [3.63, 3.8) is 0 Å². The smallest absolute Gasteiger partial charge is 0.267 e. The molecule has 230 valence electrons. The average Bonchev–Trinajstić information content (AvgIpc) is 3.70. The second-order valence-corrected chi connectivity index (χ2v) is 12.4. The van der Waals surface area contributed by atoms with Crippen molar-refractivity contribution in [2.24, 2.45) is 0 Å². The summed E-state index contributed by atoms with van der Waals surface area (Å²) in [5.41, 5.74) is 10.9. The molecule has 0 aliphatic rings. The molecule has 5 nitrogen and oxygen atoms in total. The number of hydrogen-bond acceptors (Lipinski definition) is 2. The quantitative estimate of drug-likeness (QED) is 0.195. The highest BCUT2D eigenvalue weighted by molar-refractivity contribution is 6.13. The average molecular weight is 629 g/mol. The number of nitrogens with zero attached hydrogens (tertiary/aromatic N) is 4. The lowest BCUT2D eigenvalue weighted by Crippen LogP contribution is -2.18. The molecule has 3 heterocycles. The van der Waals surface area contributed by atoms with E-state index in [9.17, 15) is 4.79 Å². The fourth-order valence-corrected chi connectivity index (χ4v) is 7.40. The van der Waals surface area contributed by atoms with E-state index in [1.807, 2.05) is 36.4 Å². The molecule has 0 fully saturated rings. The molecule has 10 rings (SSSR count). The van der Waals surface area contributed by atoms with Gasteiger partial charge >= 0.3 is 0 Å². The molecule has 0 N–H and O–H groups in total. The minimum Gasteiger partial charge on any atom is -0.309 e. The summed E-state index contributed by atoms with van der Waals surface area (Å²) in [6.07, 6.45) is 0. The molecule has 10 aromatic rings. The first-order valence-corrected chi connectivity index (χ1v) is 16.4. The molecular weight excluding hydrogens is 601 g/mol. The topological polar surface area (TPSA) is 44.2 Å². The lowest BCUT2D eigenvalue weighted by molar-refractivity contribution is 1.02. The lowest BCUT2D eigenvalue weighted by Gasteiger charge is -2.14. The van der Waals surface area contributed by atoms with Crippen molar-refractivity contribution in [2.75, 3.05) is 0 Å². The maximum absolute atomic E-state index is 14.4. The molecule has 0 spiro atoms. The standard InChI is InChI=1S/C44H28N4O/c49-43-36-22-8-10-24-40(36)47(34-20-12-18-32(26-34)30-15-5-2-6-16-30)44-45-38-27-37-35-21-7-9-23-39(35)46(41(37)28-42(38)48(43)44)33-19-11-17-31(25-33)29-13-3-1-4-14-29/h1-28H. The molecule has 7 aromatic carbocycles. The summed E-state index contributed by atoms with van der Waals surface area (Å²) in [5.74, 6) is 0.582. The third-order valence-corrected chi connectivity index (χ3v) is 9.63. The van der Waals surface area contributed by atoms with Gasteiger partial charge in [0, 0.05) is 22.1 Å². The Kier molecular flexibility index (Phi) is 5.96. The Bertz CT molecular complexity index is 2950. The third-order valence-electron chi connectivity index (χ3n) is 9.63. The maximum atomic E-state index is 14.4. The van der Waals surface area contributed by atoms with Gasteiger partial charge in [0.25, 0.3) is 5.56 Å². The van der Waals surface area contributed by atoms with Gasteiger partial charge in [-0.15, -0.1) is 0 Å². The summed E-state index contributed by atoms with van der Waals surface area (Å²) < 4.78 is 6.21. The first-order valence-electron chi connectivity index (χ1n) is 16.4. The van der Waals surface area contributed by atoms with Crippen molar-refractivity contribution >= 4 is 49.5 Å². The highest BCUT2D eigenvalue weighted by atomic mass is 16.1. The van der Waals surface area contributed by atoms with E-state index >= 15 is 0 Å². The van der Waals surface area contributed by atoms with Crippen molar-refractivity contribution in [1.29, 1.82) is 0 Å². The van der Waals surface area contributed by atoms with Crippen LogP contribution in [0.25, 0.3) is 83.1 Å². The van der Waals surface area contributed by atoms with Crippen molar-refractivity contribution in [3.8, 4) is 33.6 Å². The minimum absolute atomic E-state index is 0.0864. The van der Waals surface area contributed by atoms with Gasteiger partial charge in [0.15, 0.2) is 0 Å². The van der Waals surface area contributed by atoms with Gasteiger partial charge in [-0.05, 0) is 76.9 Å². The van der Waals surface area contributed by atoms with E-state index in [1.54, 1.807) is 4.40 Å². The van der Waals surface area contributed by atoms with Gasteiger partial charge in [-0.1, -0.05) is 115 Å². The van der Waals surface area contributed by atoms with Gasteiger partial charge in [0.05, 0.1) is 33.0 Å². The zero-order valence-corrected chi connectivity index (χ0v) is 26.4. The highest BCUT2D eigenvalue weighted by Gasteiger charge is 2.20. The minimum atomic E-state index is -0.0864. The summed E-state index contributed by atoms with van der Waals surface area (Å²) in [7, 11) is 0. The Balaban J connectivity index is 1.29. The monoisotopic (exact) mass is 628 g/mol. The van der Waals surface area contributed by atoms with E-state index in [-0.39, 0.29) is 5.56 Å². The Morgan fingerprint density at radius 3 is 1.57 bits per heavy atom. The van der Waals surface area contributed by atoms with E-state index in [1.165, 1.54) is 0 Å². The Labute approximate surface area is 281 Å². The molecule has 5 heteroatoms. The number of para-hydroxylation sites is 2. The molecular formula is C44H28N4O. The van der Waals surface area contributed by atoms with Crippen molar-refractivity contribution in [1.82, 2.24) is 18.5 Å². The van der Waals surface area contributed by atoms with E-state index in [4.69, 9.17) is 4.98 Å². The molecule has 0 bridgehead atoms. The summed E-state index contributed by atoms with van der Waals surface area (Å²) in [6.45, 7) is 0. The predicted octanol–water partition coefficient (Wildman–Crippen LogP) is 10.2. The molecule has 3 aromatic heterocycles. The molecule has 0 saturated heterocycles.